The van der Waals surface area contributed by atoms with E-state index in [2.05, 4.69) is 13.6 Å². The second-order valence-electron chi connectivity index (χ2n) is 1.26. The summed E-state index contributed by atoms with van der Waals surface area (Å²) in [5.74, 6) is 0. The molecule has 1 nitrogen and oxygen atoms in total. The second kappa shape index (κ2) is 3.58. The lowest BCUT2D eigenvalue weighted by atomic mass is 11.0. The molecule has 0 heterocycles. The topological polar surface area (TPSA) is 9.23 Å². The minimum atomic E-state index is -0.368. The van der Waals surface area contributed by atoms with Crippen molar-refractivity contribution in [1.82, 2.24) is 0 Å². The molecule has 0 fully saturated rings. The Morgan fingerprint density at radius 2 is 2.17 bits per heavy atom. The van der Waals surface area contributed by atoms with Crippen LogP contribution in [0.15, 0.2) is 0 Å². The van der Waals surface area contributed by atoms with Crippen LogP contribution in [0, 0.1) is 0 Å². The van der Waals surface area contributed by atoms with Gasteiger partial charge in [-0.1, -0.05) is 0 Å². The maximum Gasteiger partial charge on any atom is 0.129 e. The highest BCUT2D eigenvalue weighted by atomic mass is 31.1. The van der Waals surface area contributed by atoms with Crippen molar-refractivity contribution in [3.05, 3.63) is 0 Å². The zero-order valence-corrected chi connectivity index (χ0v) is 5.62. The fourth-order valence-electron chi connectivity index (χ4n) is 0.144. The van der Waals surface area contributed by atoms with Gasteiger partial charge in [-0.3, -0.25) is 0 Å². The van der Waals surface area contributed by atoms with Gasteiger partial charge in [0.2, 0.25) is 0 Å². The highest BCUT2D eigenvalue weighted by Gasteiger charge is 1.97. The molecule has 1 unspecified atom stereocenters. The third kappa shape index (κ3) is 2.62. The van der Waals surface area contributed by atoms with Crippen LogP contribution in [-0.2, 0) is 4.52 Å². The Labute approximate surface area is 40.5 Å². The Morgan fingerprint density at radius 3 is 2.17 bits per heavy atom. The van der Waals surface area contributed by atoms with E-state index in [1.54, 1.807) is 7.11 Å². The Hall–Kier alpha value is 0.390. The van der Waals surface area contributed by atoms with E-state index in [-0.39, 0.29) is 8.15 Å². The van der Waals surface area contributed by atoms with Crippen LogP contribution in [0.4, 0.5) is 0 Å². The van der Waals surface area contributed by atoms with Crippen LogP contribution in [0.2, 0.25) is 0 Å². The van der Waals surface area contributed by atoms with Gasteiger partial charge < -0.3 is 0 Å². The van der Waals surface area contributed by atoms with Gasteiger partial charge in [0.1, 0.15) is 8.15 Å². The van der Waals surface area contributed by atoms with Gasteiger partial charge in [-0.25, -0.2) is 4.52 Å². The Morgan fingerprint density at radius 1 is 1.67 bits per heavy atom. The summed E-state index contributed by atoms with van der Waals surface area (Å²) in [6, 6.07) is 0. The molecule has 0 aliphatic heterocycles. The standard InChI is InChI=1S/C4H11OP/c1-4-6(3)5-2/h4H2,1-3H3/p+1. The SMILES string of the molecule is CC[PH+](C)OC. The van der Waals surface area contributed by atoms with E-state index in [1.807, 2.05) is 0 Å². The van der Waals surface area contributed by atoms with Crippen molar-refractivity contribution in [3.63, 3.8) is 0 Å². The molecule has 0 saturated heterocycles. The van der Waals surface area contributed by atoms with Crippen LogP contribution >= 0.6 is 8.15 Å². The van der Waals surface area contributed by atoms with E-state index in [0.29, 0.717) is 0 Å². The van der Waals surface area contributed by atoms with Crippen LogP contribution < -0.4 is 0 Å². The molecule has 0 aromatic carbocycles. The van der Waals surface area contributed by atoms with Gasteiger partial charge in [0.05, 0.1) is 19.9 Å². The summed E-state index contributed by atoms with van der Waals surface area (Å²) in [7, 11) is 1.41. The summed E-state index contributed by atoms with van der Waals surface area (Å²) >= 11 is 0. The molecule has 0 amide bonds. The summed E-state index contributed by atoms with van der Waals surface area (Å²) in [6.45, 7) is 4.31. The van der Waals surface area contributed by atoms with Crippen molar-refractivity contribution in [2.45, 2.75) is 6.92 Å². The number of hydrogen-bond donors (Lipinski definition) is 0. The molecule has 6 heavy (non-hydrogen) atoms. The van der Waals surface area contributed by atoms with Crippen LogP contribution in [0.1, 0.15) is 6.92 Å². The maximum atomic E-state index is 5.00. The third-order valence-electron chi connectivity index (χ3n) is 0.846. The van der Waals surface area contributed by atoms with E-state index in [4.69, 9.17) is 4.52 Å². The summed E-state index contributed by atoms with van der Waals surface area (Å²) in [6.07, 6.45) is 1.21. The lowest BCUT2D eigenvalue weighted by molar-refractivity contribution is 0.465. The third-order valence-corrected chi connectivity index (χ3v) is 2.54. The molecule has 0 saturated carbocycles. The predicted molar refractivity (Wildman–Crippen MR) is 31.8 cm³/mol. The van der Waals surface area contributed by atoms with E-state index >= 15 is 0 Å². The van der Waals surface area contributed by atoms with Gasteiger partial charge in [0, 0.05) is 0 Å². The van der Waals surface area contributed by atoms with Gasteiger partial charge in [0.25, 0.3) is 0 Å². The zero-order valence-electron chi connectivity index (χ0n) is 4.62. The first-order chi connectivity index (χ1) is 2.81. The molecule has 0 aromatic rings. The van der Waals surface area contributed by atoms with Crippen molar-refractivity contribution in [1.29, 1.82) is 0 Å². The summed E-state index contributed by atoms with van der Waals surface area (Å²) in [4.78, 5) is 0. The van der Waals surface area contributed by atoms with E-state index in [9.17, 15) is 0 Å². The predicted octanol–water partition coefficient (Wildman–Crippen LogP) is 1.41. The molecule has 38 valence electrons. The van der Waals surface area contributed by atoms with Crippen LogP contribution in [0.25, 0.3) is 0 Å². The van der Waals surface area contributed by atoms with Crippen molar-refractivity contribution < 1.29 is 4.52 Å². The van der Waals surface area contributed by atoms with Crippen molar-refractivity contribution >= 4 is 8.15 Å². The average Bonchev–Trinajstić information content (AvgIpc) is 1.65. The quantitative estimate of drug-likeness (QED) is 0.485. The molecular weight excluding hydrogens is 95.0 g/mol. The van der Waals surface area contributed by atoms with Crippen LogP contribution in [-0.4, -0.2) is 19.9 Å². The first-order valence-corrected chi connectivity index (χ1v) is 4.29. The van der Waals surface area contributed by atoms with Crippen molar-refractivity contribution in [3.8, 4) is 0 Å². The fraction of sp³-hybridized carbons (Fsp3) is 1.00. The first kappa shape index (κ1) is 6.39. The lowest BCUT2D eigenvalue weighted by Crippen LogP contribution is -1.74. The molecule has 0 spiro atoms. The molecule has 0 radical (unpaired) electrons. The van der Waals surface area contributed by atoms with Crippen LogP contribution in [0.5, 0.6) is 0 Å². The molecule has 0 bridgehead atoms. The highest BCUT2D eigenvalue weighted by molar-refractivity contribution is 7.51. The minimum absolute atomic E-state index is 0.368. The molecule has 0 rings (SSSR count). The summed E-state index contributed by atoms with van der Waals surface area (Å²) in [5.41, 5.74) is 0. The Bertz CT molecular complexity index is 26.7. The molecule has 1 atom stereocenters. The number of hydrogen-bond acceptors (Lipinski definition) is 1. The van der Waals surface area contributed by atoms with Gasteiger partial charge in [-0.05, 0) is 6.92 Å². The minimum Gasteiger partial charge on any atom is -0.244 e. The van der Waals surface area contributed by atoms with Crippen LogP contribution in [0.3, 0.4) is 0 Å². The average molecular weight is 107 g/mol. The van der Waals surface area contributed by atoms with Gasteiger partial charge >= 0.3 is 0 Å². The first-order valence-electron chi connectivity index (χ1n) is 2.17. The molecule has 0 N–H and O–H groups in total. The summed E-state index contributed by atoms with van der Waals surface area (Å²) < 4.78 is 5.00. The van der Waals surface area contributed by atoms with Crippen molar-refractivity contribution in [2.24, 2.45) is 0 Å². The normalized spacial score (nSPS) is 14.5. The largest absolute Gasteiger partial charge is 0.244 e. The lowest BCUT2D eigenvalue weighted by Gasteiger charge is -1.91. The van der Waals surface area contributed by atoms with Gasteiger partial charge in [-0.15, -0.1) is 0 Å². The molecule has 2 heteroatoms. The monoisotopic (exact) mass is 107 g/mol. The van der Waals surface area contributed by atoms with E-state index in [1.165, 1.54) is 6.16 Å². The second-order valence-corrected chi connectivity index (χ2v) is 3.78. The smallest absolute Gasteiger partial charge is 0.129 e. The Kier molecular flexibility index (Phi) is 3.81. The van der Waals surface area contributed by atoms with Crippen molar-refractivity contribution in [2.75, 3.05) is 19.9 Å². The zero-order chi connectivity index (χ0) is 4.99. The molecule has 0 aliphatic carbocycles. The highest BCUT2D eigenvalue weighted by Crippen LogP contribution is 2.28. The number of rotatable bonds is 2. The van der Waals surface area contributed by atoms with Gasteiger partial charge in [0.15, 0.2) is 0 Å². The molecule has 0 aromatic heterocycles. The molecular formula is C4H12OP+. The van der Waals surface area contributed by atoms with E-state index in [0.717, 1.165) is 0 Å². The van der Waals surface area contributed by atoms with Gasteiger partial charge in [-0.2, -0.15) is 0 Å². The van der Waals surface area contributed by atoms with E-state index < -0.39 is 0 Å². The maximum absolute atomic E-state index is 5.00. The fourth-order valence-corrected chi connectivity index (χ4v) is 0.433. The summed E-state index contributed by atoms with van der Waals surface area (Å²) in [5, 5.41) is 0. The Balaban J connectivity index is 2.75. The molecule has 0 aliphatic rings.